The summed E-state index contributed by atoms with van der Waals surface area (Å²) in [6, 6.07) is 8.49. The Labute approximate surface area is 99.6 Å². The van der Waals surface area contributed by atoms with Gasteiger partial charge in [0.1, 0.15) is 0 Å². The Kier molecular flexibility index (Phi) is 5.44. The average molecular weight is 304 g/mol. The molecule has 2 N–H and O–H groups in total. The maximum atomic E-state index is 5.55. The summed E-state index contributed by atoms with van der Waals surface area (Å²) in [6.07, 6.45) is 0. The molecule has 0 fully saturated rings. The van der Waals surface area contributed by atoms with Gasteiger partial charge in [0.2, 0.25) is 0 Å². The number of benzene rings is 1. The molecule has 3 heteroatoms. The molecule has 0 aromatic heterocycles. The van der Waals surface area contributed by atoms with Gasteiger partial charge in [-0.15, -0.1) is 0 Å². The van der Waals surface area contributed by atoms with Gasteiger partial charge >= 0.3 is 0 Å². The fourth-order valence-corrected chi connectivity index (χ4v) is 1.96. The lowest BCUT2D eigenvalue weighted by Gasteiger charge is -2.19. The van der Waals surface area contributed by atoms with Crippen LogP contribution in [0.4, 0.5) is 0 Å². The van der Waals surface area contributed by atoms with Crippen LogP contribution >= 0.6 is 22.6 Å². The summed E-state index contributed by atoms with van der Waals surface area (Å²) >= 11 is 2.38. The molecule has 0 bridgehead atoms. The maximum absolute atomic E-state index is 5.55. The van der Waals surface area contributed by atoms with Crippen LogP contribution in [0.5, 0.6) is 0 Å². The van der Waals surface area contributed by atoms with Crippen LogP contribution in [0.2, 0.25) is 0 Å². The van der Waals surface area contributed by atoms with Crippen LogP contribution in [0.15, 0.2) is 24.3 Å². The second-order valence-electron chi connectivity index (χ2n) is 3.25. The molecular formula is C11H17IN2. The number of rotatable bonds is 5. The van der Waals surface area contributed by atoms with Crippen molar-refractivity contribution in [1.82, 2.24) is 4.90 Å². The van der Waals surface area contributed by atoms with E-state index in [4.69, 9.17) is 5.73 Å². The van der Waals surface area contributed by atoms with Crippen LogP contribution in [0.25, 0.3) is 0 Å². The van der Waals surface area contributed by atoms with E-state index in [9.17, 15) is 0 Å². The number of likely N-dealkylation sites (N-methyl/N-ethyl adjacent to an activating group) is 1. The van der Waals surface area contributed by atoms with Gasteiger partial charge in [0.15, 0.2) is 0 Å². The Balaban J connectivity index is 2.62. The summed E-state index contributed by atoms with van der Waals surface area (Å²) in [4.78, 5) is 2.36. The Bertz CT molecular complexity index is 276. The van der Waals surface area contributed by atoms with E-state index < -0.39 is 0 Å². The van der Waals surface area contributed by atoms with Crippen molar-refractivity contribution < 1.29 is 0 Å². The first-order valence-electron chi connectivity index (χ1n) is 4.93. The molecule has 0 atom stereocenters. The van der Waals surface area contributed by atoms with Crippen LogP contribution in [-0.2, 0) is 6.54 Å². The molecule has 0 heterocycles. The average Bonchev–Trinajstić information content (AvgIpc) is 2.20. The van der Waals surface area contributed by atoms with Gasteiger partial charge in [-0.3, -0.25) is 4.90 Å². The molecule has 0 amide bonds. The van der Waals surface area contributed by atoms with Crippen LogP contribution in [-0.4, -0.2) is 24.5 Å². The highest BCUT2D eigenvalue weighted by molar-refractivity contribution is 14.1. The van der Waals surface area contributed by atoms with Crippen molar-refractivity contribution in [2.24, 2.45) is 5.73 Å². The lowest BCUT2D eigenvalue weighted by molar-refractivity contribution is 0.287. The van der Waals surface area contributed by atoms with E-state index in [1.807, 2.05) is 0 Å². The number of hydrogen-bond acceptors (Lipinski definition) is 2. The molecule has 14 heavy (non-hydrogen) atoms. The lowest BCUT2D eigenvalue weighted by atomic mass is 10.2. The topological polar surface area (TPSA) is 29.3 Å². The normalized spacial score (nSPS) is 10.9. The molecule has 0 aliphatic heterocycles. The number of nitrogens with two attached hydrogens (primary N) is 1. The van der Waals surface area contributed by atoms with Gasteiger partial charge in [0.25, 0.3) is 0 Å². The zero-order valence-electron chi connectivity index (χ0n) is 8.54. The van der Waals surface area contributed by atoms with Crippen molar-refractivity contribution in [3.8, 4) is 0 Å². The monoisotopic (exact) mass is 304 g/mol. The van der Waals surface area contributed by atoms with Gasteiger partial charge in [-0.1, -0.05) is 25.1 Å². The molecule has 0 saturated heterocycles. The summed E-state index contributed by atoms with van der Waals surface area (Å²) in [5.41, 5.74) is 6.95. The second-order valence-corrected chi connectivity index (χ2v) is 4.41. The summed E-state index contributed by atoms with van der Waals surface area (Å²) in [6.45, 7) is 5.94. The van der Waals surface area contributed by atoms with E-state index in [1.54, 1.807) is 0 Å². The third-order valence-corrected chi connectivity index (χ3v) is 3.30. The maximum Gasteiger partial charge on any atom is 0.0244 e. The third-order valence-electron chi connectivity index (χ3n) is 2.24. The number of nitrogens with zero attached hydrogens (tertiary/aromatic N) is 1. The Morgan fingerprint density at radius 3 is 2.64 bits per heavy atom. The first kappa shape index (κ1) is 11.9. The first-order chi connectivity index (χ1) is 6.77. The second kappa shape index (κ2) is 6.37. The van der Waals surface area contributed by atoms with E-state index in [-0.39, 0.29) is 0 Å². The fourth-order valence-electron chi connectivity index (χ4n) is 1.40. The van der Waals surface area contributed by atoms with Gasteiger partial charge in [0, 0.05) is 23.2 Å². The van der Waals surface area contributed by atoms with Crippen LogP contribution in [0.1, 0.15) is 12.5 Å². The molecule has 2 nitrogen and oxygen atoms in total. The van der Waals surface area contributed by atoms with E-state index in [0.717, 1.165) is 26.2 Å². The van der Waals surface area contributed by atoms with Crippen molar-refractivity contribution >= 4 is 22.6 Å². The van der Waals surface area contributed by atoms with Crippen LogP contribution in [0.3, 0.4) is 0 Å². The van der Waals surface area contributed by atoms with Crippen LogP contribution in [0, 0.1) is 3.57 Å². The minimum absolute atomic E-state index is 0.733. The lowest BCUT2D eigenvalue weighted by Crippen LogP contribution is -2.29. The third kappa shape index (κ3) is 3.55. The predicted octanol–water partition coefficient (Wildman–Crippen LogP) is 2.07. The largest absolute Gasteiger partial charge is 0.329 e. The zero-order chi connectivity index (χ0) is 10.4. The SMILES string of the molecule is CCN(CCN)Cc1ccccc1I. The van der Waals surface area contributed by atoms with Crippen LogP contribution < -0.4 is 5.73 Å². The highest BCUT2D eigenvalue weighted by Gasteiger charge is 2.04. The van der Waals surface area contributed by atoms with Crippen molar-refractivity contribution in [2.75, 3.05) is 19.6 Å². The molecule has 0 aliphatic rings. The molecule has 0 unspecified atom stereocenters. The highest BCUT2D eigenvalue weighted by Crippen LogP contribution is 2.13. The van der Waals surface area contributed by atoms with Gasteiger partial charge < -0.3 is 5.73 Å². The predicted molar refractivity (Wildman–Crippen MR) is 69.2 cm³/mol. The molecule has 1 rings (SSSR count). The summed E-state index contributed by atoms with van der Waals surface area (Å²) in [5, 5.41) is 0. The standard InChI is InChI=1S/C11H17IN2/c1-2-14(8-7-13)9-10-5-3-4-6-11(10)12/h3-6H,2,7-9,13H2,1H3. The molecular weight excluding hydrogens is 287 g/mol. The molecule has 0 saturated carbocycles. The minimum Gasteiger partial charge on any atom is -0.329 e. The van der Waals surface area contributed by atoms with Gasteiger partial charge in [-0.05, 0) is 40.8 Å². The van der Waals surface area contributed by atoms with E-state index in [2.05, 4.69) is 58.7 Å². The van der Waals surface area contributed by atoms with E-state index in [0.29, 0.717) is 0 Å². The Morgan fingerprint density at radius 2 is 2.07 bits per heavy atom. The summed E-state index contributed by atoms with van der Waals surface area (Å²) < 4.78 is 1.33. The first-order valence-corrected chi connectivity index (χ1v) is 6.01. The van der Waals surface area contributed by atoms with Crippen molar-refractivity contribution in [3.63, 3.8) is 0 Å². The van der Waals surface area contributed by atoms with Crippen molar-refractivity contribution in [1.29, 1.82) is 0 Å². The summed E-state index contributed by atoms with van der Waals surface area (Å²) in [5.74, 6) is 0. The quantitative estimate of drug-likeness (QED) is 0.844. The molecule has 1 aromatic rings. The smallest absolute Gasteiger partial charge is 0.0244 e. The van der Waals surface area contributed by atoms with E-state index >= 15 is 0 Å². The van der Waals surface area contributed by atoms with Crippen molar-refractivity contribution in [2.45, 2.75) is 13.5 Å². The zero-order valence-corrected chi connectivity index (χ0v) is 10.7. The highest BCUT2D eigenvalue weighted by atomic mass is 127. The van der Waals surface area contributed by atoms with Gasteiger partial charge in [-0.2, -0.15) is 0 Å². The van der Waals surface area contributed by atoms with E-state index in [1.165, 1.54) is 9.13 Å². The molecule has 78 valence electrons. The van der Waals surface area contributed by atoms with Gasteiger partial charge in [0.05, 0.1) is 0 Å². The number of hydrogen-bond donors (Lipinski definition) is 1. The van der Waals surface area contributed by atoms with Gasteiger partial charge in [-0.25, -0.2) is 0 Å². The molecule has 0 radical (unpaired) electrons. The molecule has 0 aliphatic carbocycles. The molecule has 1 aromatic carbocycles. The summed E-state index contributed by atoms with van der Waals surface area (Å²) in [7, 11) is 0. The minimum atomic E-state index is 0.733. The number of halogens is 1. The fraction of sp³-hybridized carbons (Fsp3) is 0.455. The Hall–Kier alpha value is -0.130. The van der Waals surface area contributed by atoms with Crippen molar-refractivity contribution in [3.05, 3.63) is 33.4 Å². The Morgan fingerprint density at radius 1 is 1.36 bits per heavy atom. The molecule has 0 spiro atoms.